The van der Waals surface area contributed by atoms with Gasteiger partial charge in [0.15, 0.2) is 0 Å². The molecule has 1 aromatic carbocycles. The minimum absolute atomic E-state index is 0.703. The van der Waals surface area contributed by atoms with Gasteiger partial charge in [-0.1, -0.05) is 42.3 Å². The van der Waals surface area contributed by atoms with Gasteiger partial charge in [-0.3, -0.25) is 0 Å². The Labute approximate surface area is 79.6 Å². The zero-order valence-electron chi connectivity index (χ0n) is 8.59. The molecule has 0 fully saturated rings. The summed E-state index contributed by atoms with van der Waals surface area (Å²) in [4.78, 5) is 0. The van der Waals surface area contributed by atoms with Gasteiger partial charge in [0.1, 0.15) is 0 Å². The molecule has 1 aliphatic rings. The highest BCUT2D eigenvalue weighted by atomic mass is 14.1. The van der Waals surface area contributed by atoms with Crippen LogP contribution in [0, 0.1) is 12.8 Å². The molecule has 0 saturated carbocycles. The molecule has 0 N–H and O–H groups in total. The van der Waals surface area contributed by atoms with E-state index in [0.717, 1.165) is 0 Å². The predicted molar refractivity (Wildman–Crippen MR) is 57.8 cm³/mol. The lowest BCUT2D eigenvalue weighted by Crippen LogP contribution is -2.30. The Morgan fingerprint density at radius 3 is 2.77 bits per heavy atom. The van der Waals surface area contributed by atoms with E-state index in [2.05, 4.69) is 45.0 Å². The summed E-state index contributed by atoms with van der Waals surface area (Å²) in [6.07, 6.45) is 3.60. The summed E-state index contributed by atoms with van der Waals surface area (Å²) in [7, 11) is 0. The lowest BCUT2D eigenvalue weighted by Gasteiger charge is -2.13. The predicted octanol–water partition coefficient (Wildman–Crippen LogP) is 1.99. The molecule has 13 heavy (non-hydrogen) atoms. The summed E-state index contributed by atoms with van der Waals surface area (Å²) in [5, 5.41) is 2.87. The van der Waals surface area contributed by atoms with Crippen LogP contribution in [0.1, 0.15) is 25.8 Å². The summed E-state index contributed by atoms with van der Waals surface area (Å²) < 4.78 is 0. The Morgan fingerprint density at radius 1 is 1.23 bits per heavy atom. The van der Waals surface area contributed by atoms with Crippen LogP contribution in [-0.2, 0) is 0 Å². The third-order valence-corrected chi connectivity index (χ3v) is 2.76. The normalized spacial score (nSPS) is 20.8. The van der Waals surface area contributed by atoms with E-state index in [-0.39, 0.29) is 0 Å². The largest absolute Gasteiger partial charge is 0.0735 e. The molecule has 0 heterocycles. The second kappa shape index (κ2) is 3.02. The van der Waals surface area contributed by atoms with Gasteiger partial charge in [0.25, 0.3) is 0 Å². The van der Waals surface area contributed by atoms with E-state index in [1.165, 1.54) is 28.0 Å². The van der Waals surface area contributed by atoms with E-state index in [0.29, 0.717) is 5.92 Å². The third-order valence-electron chi connectivity index (χ3n) is 2.76. The Balaban J connectivity index is 2.80. The molecule has 0 saturated heterocycles. The number of fused-ring (bicyclic) bond motifs is 1. The van der Waals surface area contributed by atoms with E-state index in [4.69, 9.17) is 0 Å². The van der Waals surface area contributed by atoms with Crippen molar-refractivity contribution in [3.05, 3.63) is 34.2 Å². The third kappa shape index (κ3) is 1.53. The zero-order valence-corrected chi connectivity index (χ0v) is 8.59. The first-order valence-corrected chi connectivity index (χ1v) is 4.95. The van der Waals surface area contributed by atoms with Crippen LogP contribution < -0.4 is 10.4 Å². The zero-order chi connectivity index (χ0) is 9.42. The van der Waals surface area contributed by atoms with Crippen molar-refractivity contribution in [2.45, 2.75) is 27.2 Å². The maximum atomic E-state index is 2.38. The maximum Gasteiger partial charge on any atom is -0.0197 e. The minimum Gasteiger partial charge on any atom is -0.0735 e. The van der Waals surface area contributed by atoms with Gasteiger partial charge in [-0.15, -0.1) is 0 Å². The van der Waals surface area contributed by atoms with E-state index in [9.17, 15) is 0 Å². The fourth-order valence-electron chi connectivity index (χ4n) is 2.17. The fourth-order valence-corrected chi connectivity index (χ4v) is 2.17. The quantitative estimate of drug-likeness (QED) is 0.561. The number of hydrogen-bond donors (Lipinski definition) is 0. The van der Waals surface area contributed by atoms with Crippen molar-refractivity contribution in [2.24, 2.45) is 5.92 Å². The molecule has 0 nitrogen and oxygen atoms in total. The van der Waals surface area contributed by atoms with E-state index >= 15 is 0 Å². The van der Waals surface area contributed by atoms with Gasteiger partial charge < -0.3 is 0 Å². The number of benzene rings is 1. The number of hydrogen-bond acceptors (Lipinski definition) is 0. The minimum atomic E-state index is 0.703. The van der Waals surface area contributed by atoms with Crippen molar-refractivity contribution in [1.82, 2.24) is 0 Å². The van der Waals surface area contributed by atoms with Gasteiger partial charge in [0.05, 0.1) is 0 Å². The Kier molecular flexibility index (Phi) is 1.99. The van der Waals surface area contributed by atoms with Crippen molar-refractivity contribution in [2.75, 3.05) is 0 Å². The molecule has 0 heteroatoms. The van der Waals surface area contributed by atoms with Crippen molar-refractivity contribution in [3.63, 3.8) is 0 Å². The fraction of sp³-hybridized carbons (Fsp3) is 0.385. The summed E-state index contributed by atoms with van der Waals surface area (Å²) in [6, 6.07) is 6.74. The summed E-state index contributed by atoms with van der Waals surface area (Å²) in [6.45, 7) is 6.69. The molecule has 1 atom stereocenters. The first-order chi connectivity index (χ1) is 6.16. The molecule has 0 bridgehead atoms. The van der Waals surface area contributed by atoms with E-state index < -0.39 is 0 Å². The molecule has 0 spiro atoms. The molecule has 68 valence electrons. The van der Waals surface area contributed by atoms with Crippen LogP contribution in [0.4, 0.5) is 0 Å². The maximum absolute atomic E-state index is 2.38. The summed E-state index contributed by atoms with van der Waals surface area (Å²) in [5.74, 6) is 0.703. The lowest BCUT2D eigenvalue weighted by molar-refractivity contribution is 0.781. The second-order valence-corrected chi connectivity index (χ2v) is 4.22. The van der Waals surface area contributed by atoms with Crippen LogP contribution in [0.5, 0.6) is 0 Å². The van der Waals surface area contributed by atoms with Crippen LogP contribution in [0.15, 0.2) is 18.2 Å². The van der Waals surface area contributed by atoms with Gasteiger partial charge in [-0.05, 0) is 36.6 Å². The summed E-state index contributed by atoms with van der Waals surface area (Å²) in [5.41, 5.74) is 2.89. The number of aryl methyl sites for hydroxylation is 1. The van der Waals surface area contributed by atoms with Gasteiger partial charge in [-0.2, -0.15) is 0 Å². The van der Waals surface area contributed by atoms with Gasteiger partial charge in [-0.25, -0.2) is 0 Å². The average Bonchev–Trinajstić information content (AvgIpc) is 2.02. The van der Waals surface area contributed by atoms with Gasteiger partial charge in [0.2, 0.25) is 0 Å². The standard InChI is InChI=1S/C13H16/c1-9-4-5-13-11(3)6-10(2)8-12(13)7-9/h4-5,7-8,10H,6H2,1-3H3. The van der Waals surface area contributed by atoms with Crippen LogP contribution in [0.25, 0.3) is 11.6 Å². The SMILES string of the molecule is CC1=c2ccc(C)cc2=CC(C)C1. The van der Waals surface area contributed by atoms with Crippen LogP contribution in [-0.4, -0.2) is 0 Å². The Hall–Kier alpha value is -1.04. The van der Waals surface area contributed by atoms with Crippen molar-refractivity contribution in [1.29, 1.82) is 0 Å². The van der Waals surface area contributed by atoms with Crippen molar-refractivity contribution < 1.29 is 0 Å². The molecule has 1 aromatic rings. The van der Waals surface area contributed by atoms with Crippen LogP contribution in [0.3, 0.4) is 0 Å². The van der Waals surface area contributed by atoms with Crippen molar-refractivity contribution in [3.8, 4) is 0 Å². The molecular weight excluding hydrogens is 156 g/mol. The molecule has 0 aliphatic heterocycles. The number of rotatable bonds is 0. The highest BCUT2D eigenvalue weighted by molar-refractivity contribution is 5.50. The Morgan fingerprint density at radius 2 is 2.00 bits per heavy atom. The van der Waals surface area contributed by atoms with Crippen molar-refractivity contribution >= 4 is 11.6 Å². The molecular formula is C13H16. The highest BCUT2D eigenvalue weighted by Crippen LogP contribution is 2.13. The van der Waals surface area contributed by atoms with Gasteiger partial charge in [0, 0.05) is 0 Å². The summed E-state index contributed by atoms with van der Waals surface area (Å²) >= 11 is 0. The Bertz CT molecular complexity index is 438. The topological polar surface area (TPSA) is 0 Å². The molecule has 1 unspecified atom stereocenters. The average molecular weight is 172 g/mol. The molecule has 2 rings (SSSR count). The van der Waals surface area contributed by atoms with E-state index in [1.807, 2.05) is 0 Å². The lowest BCUT2D eigenvalue weighted by atomic mass is 9.93. The smallest absolute Gasteiger partial charge is 0.0197 e. The first kappa shape index (κ1) is 8.55. The monoisotopic (exact) mass is 172 g/mol. The molecule has 0 radical (unpaired) electrons. The molecule has 1 aliphatic carbocycles. The first-order valence-electron chi connectivity index (χ1n) is 4.95. The second-order valence-electron chi connectivity index (χ2n) is 4.22. The molecule has 0 amide bonds. The van der Waals surface area contributed by atoms with Gasteiger partial charge >= 0.3 is 0 Å². The molecule has 0 aromatic heterocycles. The van der Waals surface area contributed by atoms with Crippen LogP contribution in [0.2, 0.25) is 0 Å². The van der Waals surface area contributed by atoms with Crippen LogP contribution >= 0.6 is 0 Å². The highest BCUT2D eigenvalue weighted by Gasteiger charge is 2.05. The van der Waals surface area contributed by atoms with E-state index in [1.54, 1.807) is 0 Å².